The standard InChI is InChI=1S/C12H25N3O2/c1-6-13-8-10(3)12(17)15(7-2)9-11(16)14(4)5/h10,13H,6-9H2,1-5H3. The normalized spacial score (nSPS) is 12.1. The van der Waals surface area contributed by atoms with Crippen molar-refractivity contribution in [2.45, 2.75) is 20.8 Å². The lowest BCUT2D eigenvalue weighted by Crippen LogP contribution is -2.44. The van der Waals surface area contributed by atoms with Crippen molar-refractivity contribution in [2.75, 3.05) is 40.3 Å². The molecular weight excluding hydrogens is 218 g/mol. The molecular formula is C12H25N3O2. The lowest BCUT2D eigenvalue weighted by atomic mass is 10.1. The summed E-state index contributed by atoms with van der Waals surface area (Å²) in [5, 5.41) is 3.14. The van der Waals surface area contributed by atoms with Crippen LogP contribution in [-0.4, -0.2) is 61.9 Å². The summed E-state index contributed by atoms with van der Waals surface area (Å²) in [6.45, 7) is 8.01. The number of likely N-dealkylation sites (N-methyl/N-ethyl adjacent to an activating group) is 2. The zero-order valence-electron chi connectivity index (χ0n) is 11.6. The summed E-state index contributed by atoms with van der Waals surface area (Å²) in [7, 11) is 3.39. The van der Waals surface area contributed by atoms with Gasteiger partial charge in [0, 0.05) is 33.1 Å². The van der Waals surface area contributed by atoms with Gasteiger partial charge in [-0.05, 0) is 13.5 Å². The molecule has 0 aromatic carbocycles. The van der Waals surface area contributed by atoms with Crippen LogP contribution in [0.25, 0.3) is 0 Å². The molecule has 0 heterocycles. The summed E-state index contributed by atoms with van der Waals surface area (Å²) in [6.07, 6.45) is 0. The van der Waals surface area contributed by atoms with Crippen LogP contribution in [0.4, 0.5) is 0 Å². The molecule has 0 aromatic heterocycles. The highest BCUT2D eigenvalue weighted by Crippen LogP contribution is 2.02. The summed E-state index contributed by atoms with van der Waals surface area (Å²) in [5.41, 5.74) is 0. The average molecular weight is 243 g/mol. The van der Waals surface area contributed by atoms with E-state index in [1.165, 1.54) is 4.90 Å². The summed E-state index contributed by atoms with van der Waals surface area (Å²) in [5.74, 6) is -0.107. The van der Waals surface area contributed by atoms with Crippen molar-refractivity contribution in [1.29, 1.82) is 0 Å². The van der Waals surface area contributed by atoms with Gasteiger partial charge < -0.3 is 15.1 Å². The molecule has 0 saturated carbocycles. The molecule has 5 heteroatoms. The minimum absolute atomic E-state index is 0.0312. The second-order valence-electron chi connectivity index (χ2n) is 4.35. The van der Waals surface area contributed by atoms with E-state index in [0.717, 1.165) is 6.54 Å². The first kappa shape index (κ1) is 15.9. The molecule has 0 aliphatic heterocycles. The Kier molecular flexibility index (Phi) is 7.54. The second kappa shape index (κ2) is 8.06. The van der Waals surface area contributed by atoms with Gasteiger partial charge in [-0.3, -0.25) is 9.59 Å². The van der Waals surface area contributed by atoms with Crippen LogP contribution in [-0.2, 0) is 9.59 Å². The van der Waals surface area contributed by atoms with Crippen molar-refractivity contribution < 1.29 is 9.59 Å². The van der Waals surface area contributed by atoms with E-state index in [9.17, 15) is 9.59 Å². The molecule has 100 valence electrons. The summed E-state index contributed by atoms with van der Waals surface area (Å²) >= 11 is 0. The zero-order chi connectivity index (χ0) is 13.4. The number of amides is 2. The van der Waals surface area contributed by atoms with Crippen LogP contribution < -0.4 is 5.32 Å². The van der Waals surface area contributed by atoms with Gasteiger partial charge in [-0.25, -0.2) is 0 Å². The van der Waals surface area contributed by atoms with E-state index < -0.39 is 0 Å². The van der Waals surface area contributed by atoms with Gasteiger partial charge in [0.1, 0.15) is 0 Å². The highest BCUT2D eigenvalue weighted by molar-refractivity contribution is 5.85. The number of hydrogen-bond donors (Lipinski definition) is 1. The van der Waals surface area contributed by atoms with Crippen LogP contribution in [0.5, 0.6) is 0 Å². The van der Waals surface area contributed by atoms with E-state index >= 15 is 0 Å². The number of rotatable bonds is 7. The molecule has 5 nitrogen and oxygen atoms in total. The van der Waals surface area contributed by atoms with Crippen molar-refractivity contribution >= 4 is 11.8 Å². The third-order valence-electron chi connectivity index (χ3n) is 2.64. The van der Waals surface area contributed by atoms with Crippen LogP contribution in [0.15, 0.2) is 0 Å². The molecule has 1 N–H and O–H groups in total. The van der Waals surface area contributed by atoms with Crippen LogP contribution in [0, 0.1) is 5.92 Å². The molecule has 0 radical (unpaired) electrons. The first-order chi connectivity index (χ1) is 7.93. The van der Waals surface area contributed by atoms with Crippen molar-refractivity contribution in [3.8, 4) is 0 Å². The van der Waals surface area contributed by atoms with E-state index in [1.807, 2.05) is 20.8 Å². The lowest BCUT2D eigenvalue weighted by molar-refractivity contribution is -0.141. The van der Waals surface area contributed by atoms with E-state index in [4.69, 9.17) is 0 Å². The summed E-state index contributed by atoms with van der Waals surface area (Å²) in [6, 6.07) is 0. The van der Waals surface area contributed by atoms with Gasteiger partial charge in [0.2, 0.25) is 11.8 Å². The molecule has 2 amide bonds. The Labute approximate surface area is 104 Å². The van der Waals surface area contributed by atoms with Crippen LogP contribution >= 0.6 is 0 Å². The molecule has 0 rings (SSSR count). The molecule has 0 spiro atoms. The molecule has 0 saturated heterocycles. The maximum atomic E-state index is 12.1. The fourth-order valence-electron chi connectivity index (χ4n) is 1.41. The molecule has 1 unspecified atom stereocenters. The predicted octanol–water partition coefficient (Wildman–Crippen LogP) is 0.169. The molecule has 0 aliphatic carbocycles. The van der Waals surface area contributed by atoms with Gasteiger partial charge in [-0.1, -0.05) is 13.8 Å². The van der Waals surface area contributed by atoms with E-state index in [1.54, 1.807) is 19.0 Å². The van der Waals surface area contributed by atoms with Crippen LogP contribution in [0.1, 0.15) is 20.8 Å². The van der Waals surface area contributed by atoms with Gasteiger partial charge in [-0.2, -0.15) is 0 Å². The molecule has 1 atom stereocenters. The van der Waals surface area contributed by atoms with E-state index in [-0.39, 0.29) is 24.3 Å². The quantitative estimate of drug-likeness (QED) is 0.693. The Hall–Kier alpha value is -1.10. The maximum Gasteiger partial charge on any atom is 0.241 e. The maximum absolute atomic E-state index is 12.1. The fraction of sp³-hybridized carbons (Fsp3) is 0.833. The molecule has 0 bridgehead atoms. The SMILES string of the molecule is CCNCC(C)C(=O)N(CC)CC(=O)N(C)C. The van der Waals surface area contributed by atoms with Crippen LogP contribution in [0.3, 0.4) is 0 Å². The largest absolute Gasteiger partial charge is 0.347 e. The summed E-state index contributed by atoms with van der Waals surface area (Å²) in [4.78, 5) is 26.7. The topological polar surface area (TPSA) is 52.7 Å². The first-order valence-electron chi connectivity index (χ1n) is 6.13. The van der Waals surface area contributed by atoms with E-state index in [0.29, 0.717) is 13.1 Å². The van der Waals surface area contributed by atoms with Crippen molar-refractivity contribution in [2.24, 2.45) is 5.92 Å². The Morgan fingerprint density at radius 1 is 1.24 bits per heavy atom. The van der Waals surface area contributed by atoms with Gasteiger partial charge in [-0.15, -0.1) is 0 Å². The van der Waals surface area contributed by atoms with Gasteiger partial charge >= 0.3 is 0 Å². The molecule has 0 fully saturated rings. The van der Waals surface area contributed by atoms with Crippen molar-refractivity contribution in [3.05, 3.63) is 0 Å². The Morgan fingerprint density at radius 3 is 2.24 bits per heavy atom. The van der Waals surface area contributed by atoms with Gasteiger partial charge in [0.05, 0.1) is 6.54 Å². The predicted molar refractivity (Wildman–Crippen MR) is 68.7 cm³/mol. The van der Waals surface area contributed by atoms with Crippen LogP contribution in [0.2, 0.25) is 0 Å². The number of carbonyl (C=O) groups is 2. The first-order valence-corrected chi connectivity index (χ1v) is 6.13. The molecule has 0 aromatic rings. The Morgan fingerprint density at radius 2 is 1.82 bits per heavy atom. The van der Waals surface area contributed by atoms with Gasteiger partial charge in [0.25, 0.3) is 0 Å². The highest BCUT2D eigenvalue weighted by atomic mass is 16.2. The van der Waals surface area contributed by atoms with E-state index in [2.05, 4.69) is 5.32 Å². The third kappa shape index (κ3) is 5.68. The Balaban J connectivity index is 4.34. The average Bonchev–Trinajstić information content (AvgIpc) is 2.31. The molecule has 0 aliphatic rings. The monoisotopic (exact) mass is 243 g/mol. The number of nitrogens with one attached hydrogen (secondary N) is 1. The summed E-state index contributed by atoms with van der Waals surface area (Å²) < 4.78 is 0. The van der Waals surface area contributed by atoms with Crippen molar-refractivity contribution in [1.82, 2.24) is 15.1 Å². The third-order valence-corrected chi connectivity index (χ3v) is 2.64. The minimum Gasteiger partial charge on any atom is -0.347 e. The van der Waals surface area contributed by atoms with Gasteiger partial charge in [0.15, 0.2) is 0 Å². The Bertz CT molecular complexity index is 254. The number of hydrogen-bond acceptors (Lipinski definition) is 3. The second-order valence-corrected chi connectivity index (χ2v) is 4.35. The number of nitrogens with zero attached hydrogens (tertiary/aromatic N) is 2. The smallest absolute Gasteiger partial charge is 0.241 e. The lowest BCUT2D eigenvalue weighted by Gasteiger charge is -2.25. The van der Waals surface area contributed by atoms with Crippen molar-refractivity contribution in [3.63, 3.8) is 0 Å². The minimum atomic E-state index is -0.0927. The number of carbonyl (C=O) groups excluding carboxylic acids is 2. The molecule has 17 heavy (non-hydrogen) atoms. The fourth-order valence-corrected chi connectivity index (χ4v) is 1.41. The highest BCUT2D eigenvalue weighted by Gasteiger charge is 2.21. The zero-order valence-corrected chi connectivity index (χ0v) is 11.6.